The van der Waals surface area contributed by atoms with Gasteiger partial charge in [-0.2, -0.15) is 0 Å². The van der Waals surface area contributed by atoms with E-state index < -0.39 is 0 Å². The first-order valence-corrected chi connectivity index (χ1v) is 8.04. The summed E-state index contributed by atoms with van der Waals surface area (Å²) in [6, 6.07) is 0.690. The molecule has 98 valence electrons. The van der Waals surface area contributed by atoms with Crippen LogP contribution >= 0.6 is 11.8 Å². The molecule has 3 heteroatoms. The lowest BCUT2D eigenvalue weighted by molar-refractivity contribution is 0.306. The zero-order valence-electron chi connectivity index (χ0n) is 11.4. The van der Waals surface area contributed by atoms with E-state index in [1.807, 2.05) is 11.8 Å². The number of hydrogen-bond donors (Lipinski definition) is 1. The summed E-state index contributed by atoms with van der Waals surface area (Å²) >= 11 is 1.96. The predicted octanol–water partition coefficient (Wildman–Crippen LogP) is 3.67. The van der Waals surface area contributed by atoms with E-state index in [0.29, 0.717) is 11.3 Å². The number of nitrogens with zero attached hydrogens (tertiary/aromatic N) is 1. The molecular formula is C14H26N2S. The van der Waals surface area contributed by atoms with Gasteiger partial charge >= 0.3 is 0 Å². The van der Waals surface area contributed by atoms with Gasteiger partial charge in [-0.15, -0.1) is 0 Å². The molecule has 2 rings (SSSR count). The second kappa shape index (κ2) is 6.12. The Labute approximate surface area is 110 Å². The smallest absolute Gasteiger partial charge is 0.157 e. The maximum absolute atomic E-state index is 4.64. The van der Waals surface area contributed by atoms with Gasteiger partial charge in [-0.1, -0.05) is 39.0 Å². The van der Waals surface area contributed by atoms with Crippen molar-refractivity contribution in [2.45, 2.75) is 64.2 Å². The fraction of sp³-hybridized carbons (Fsp3) is 0.929. The highest BCUT2D eigenvalue weighted by Gasteiger charge is 2.26. The Hall–Kier alpha value is -0.180. The molecule has 1 unspecified atom stereocenters. The summed E-state index contributed by atoms with van der Waals surface area (Å²) < 4.78 is 0. The van der Waals surface area contributed by atoms with Gasteiger partial charge in [0.05, 0.1) is 6.54 Å². The van der Waals surface area contributed by atoms with E-state index in [1.165, 1.54) is 37.3 Å². The molecule has 1 aliphatic carbocycles. The van der Waals surface area contributed by atoms with E-state index >= 15 is 0 Å². The van der Waals surface area contributed by atoms with Crippen molar-refractivity contribution in [3.05, 3.63) is 0 Å². The average Bonchev–Trinajstić information content (AvgIpc) is 2.79. The van der Waals surface area contributed by atoms with Crippen molar-refractivity contribution in [2.24, 2.45) is 16.8 Å². The number of hydrogen-bond acceptors (Lipinski definition) is 3. The monoisotopic (exact) mass is 254 g/mol. The molecule has 0 amide bonds. The summed E-state index contributed by atoms with van der Waals surface area (Å²) in [6.07, 6.45) is 6.84. The Kier molecular flexibility index (Phi) is 4.78. The molecule has 0 aromatic carbocycles. The minimum atomic E-state index is 0.690. The Bertz CT molecular complexity index is 267. The predicted molar refractivity (Wildman–Crippen MR) is 77.7 cm³/mol. The molecular weight excluding hydrogens is 228 g/mol. The molecule has 2 nitrogen and oxygen atoms in total. The molecule has 0 radical (unpaired) electrons. The van der Waals surface area contributed by atoms with Gasteiger partial charge in [0.1, 0.15) is 0 Å². The fourth-order valence-electron chi connectivity index (χ4n) is 2.71. The van der Waals surface area contributed by atoms with Crippen LogP contribution in [0.3, 0.4) is 0 Å². The van der Waals surface area contributed by atoms with Gasteiger partial charge in [-0.05, 0) is 37.5 Å². The number of thioether (sulfide) groups is 1. The Morgan fingerprint density at radius 3 is 2.53 bits per heavy atom. The van der Waals surface area contributed by atoms with Crippen LogP contribution in [0.2, 0.25) is 0 Å². The van der Waals surface area contributed by atoms with Crippen LogP contribution in [0.25, 0.3) is 0 Å². The topological polar surface area (TPSA) is 24.4 Å². The highest BCUT2D eigenvalue weighted by atomic mass is 32.2. The van der Waals surface area contributed by atoms with Crippen LogP contribution in [0.15, 0.2) is 4.99 Å². The number of aliphatic imine (C=N–C) groups is 1. The van der Waals surface area contributed by atoms with Gasteiger partial charge in [-0.25, -0.2) is 0 Å². The van der Waals surface area contributed by atoms with Crippen LogP contribution in [-0.4, -0.2) is 23.0 Å². The Morgan fingerprint density at radius 1 is 1.29 bits per heavy atom. The van der Waals surface area contributed by atoms with Crippen molar-refractivity contribution in [2.75, 3.05) is 6.54 Å². The molecule has 1 saturated carbocycles. The lowest BCUT2D eigenvalue weighted by Gasteiger charge is -2.29. The largest absolute Gasteiger partial charge is 0.362 e. The summed E-state index contributed by atoms with van der Waals surface area (Å²) in [7, 11) is 0. The van der Waals surface area contributed by atoms with Gasteiger partial charge < -0.3 is 5.32 Å². The van der Waals surface area contributed by atoms with Crippen LogP contribution < -0.4 is 5.32 Å². The van der Waals surface area contributed by atoms with Crippen molar-refractivity contribution in [1.29, 1.82) is 0 Å². The summed E-state index contributed by atoms with van der Waals surface area (Å²) in [6.45, 7) is 7.92. The van der Waals surface area contributed by atoms with E-state index in [-0.39, 0.29) is 0 Å². The van der Waals surface area contributed by atoms with E-state index in [9.17, 15) is 0 Å². The molecule has 1 N–H and O–H groups in total. The van der Waals surface area contributed by atoms with Crippen LogP contribution in [0.5, 0.6) is 0 Å². The highest BCUT2D eigenvalue weighted by Crippen LogP contribution is 2.29. The van der Waals surface area contributed by atoms with Gasteiger partial charge in [-0.3, -0.25) is 4.99 Å². The van der Waals surface area contributed by atoms with Gasteiger partial charge in [0.15, 0.2) is 5.17 Å². The second-order valence-corrected chi connectivity index (χ2v) is 7.04. The second-order valence-electron chi connectivity index (χ2n) is 5.82. The zero-order chi connectivity index (χ0) is 12.3. The maximum Gasteiger partial charge on any atom is 0.157 e. The van der Waals surface area contributed by atoms with E-state index in [1.54, 1.807) is 0 Å². The average molecular weight is 254 g/mol. The number of amidine groups is 1. The zero-order valence-corrected chi connectivity index (χ0v) is 12.2. The van der Waals surface area contributed by atoms with Crippen molar-refractivity contribution in [3.63, 3.8) is 0 Å². The molecule has 0 aromatic rings. The van der Waals surface area contributed by atoms with Crippen LogP contribution in [0.4, 0.5) is 0 Å². The third-order valence-corrected chi connectivity index (χ3v) is 5.64. The third kappa shape index (κ3) is 3.64. The minimum Gasteiger partial charge on any atom is -0.362 e. The molecule has 17 heavy (non-hydrogen) atoms. The SMILES string of the molecule is CCC1CCC(NC2=NCC(C(C)C)S2)CC1. The van der Waals surface area contributed by atoms with Gasteiger partial charge in [0.25, 0.3) is 0 Å². The number of nitrogens with one attached hydrogen (secondary N) is 1. The highest BCUT2D eigenvalue weighted by molar-refractivity contribution is 8.14. The van der Waals surface area contributed by atoms with E-state index in [4.69, 9.17) is 0 Å². The third-order valence-electron chi connectivity index (χ3n) is 4.17. The lowest BCUT2D eigenvalue weighted by Crippen LogP contribution is -2.36. The van der Waals surface area contributed by atoms with Crippen molar-refractivity contribution >= 4 is 16.9 Å². The van der Waals surface area contributed by atoms with Gasteiger partial charge in [0.2, 0.25) is 0 Å². The molecule has 0 aromatic heterocycles. The molecule has 1 atom stereocenters. The molecule has 0 spiro atoms. The summed E-state index contributed by atoms with van der Waals surface area (Å²) in [5, 5.41) is 5.57. The quantitative estimate of drug-likeness (QED) is 0.831. The molecule has 0 saturated heterocycles. The van der Waals surface area contributed by atoms with Crippen molar-refractivity contribution in [1.82, 2.24) is 5.32 Å². The van der Waals surface area contributed by atoms with E-state index in [0.717, 1.165) is 18.4 Å². The molecule has 0 bridgehead atoms. The van der Waals surface area contributed by atoms with Crippen molar-refractivity contribution in [3.8, 4) is 0 Å². The molecule has 1 fully saturated rings. The normalized spacial score (nSPS) is 33.9. The maximum atomic E-state index is 4.64. The summed E-state index contributed by atoms with van der Waals surface area (Å²) in [5.74, 6) is 1.72. The first-order chi connectivity index (χ1) is 8.19. The van der Waals surface area contributed by atoms with Gasteiger partial charge in [0, 0.05) is 11.3 Å². The molecule has 2 aliphatic rings. The van der Waals surface area contributed by atoms with Crippen LogP contribution in [0.1, 0.15) is 52.9 Å². The minimum absolute atomic E-state index is 0.690. The van der Waals surface area contributed by atoms with E-state index in [2.05, 4.69) is 31.1 Å². The fourth-order valence-corrected chi connectivity index (χ4v) is 3.80. The van der Waals surface area contributed by atoms with Crippen molar-refractivity contribution < 1.29 is 0 Å². The first-order valence-electron chi connectivity index (χ1n) is 7.16. The molecule has 1 aliphatic heterocycles. The number of rotatable bonds is 3. The lowest BCUT2D eigenvalue weighted by atomic mass is 9.85. The van der Waals surface area contributed by atoms with Crippen LogP contribution in [0, 0.1) is 11.8 Å². The summed E-state index contributed by atoms with van der Waals surface area (Å²) in [5.41, 5.74) is 0. The summed E-state index contributed by atoms with van der Waals surface area (Å²) in [4.78, 5) is 4.64. The van der Waals surface area contributed by atoms with Crippen LogP contribution in [-0.2, 0) is 0 Å². The Morgan fingerprint density at radius 2 is 2.00 bits per heavy atom. The standard InChI is InChI=1S/C14H26N2S/c1-4-11-5-7-12(8-6-11)16-14-15-9-13(17-14)10(2)3/h10-13H,4-9H2,1-3H3,(H,15,16). The Balaban J connectivity index is 1.72. The molecule has 1 heterocycles. The first kappa shape index (κ1) is 13.3.